The molecule has 0 saturated carbocycles. The number of ketones is 1. The highest BCUT2D eigenvalue weighted by Crippen LogP contribution is 2.32. The van der Waals surface area contributed by atoms with Gasteiger partial charge >= 0.3 is 0 Å². The van der Waals surface area contributed by atoms with Crippen LogP contribution in [0.1, 0.15) is 48.2 Å². The summed E-state index contributed by atoms with van der Waals surface area (Å²) in [6.07, 6.45) is 5.64. The molecule has 0 unspecified atom stereocenters. The molecule has 1 aliphatic rings. The van der Waals surface area contributed by atoms with Crippen molar-refractivity contribution in [1.29, 1.82) is 0 Å². The van der Waals surface area contributed by atoms with Gasteiger partial charge in [-0.1, -0.05) is 26.8 Å². The number of Topliss-reactive ketones (excluding diaryl/α,β-unsaturated/α-hetero) is 1. The molecule has 0 aliphatic heterocycles. The highest BCUT2D eigenvalue weighted by atomic mass is 16.5. The van der Waals surface area contributed by atoms with Crippen molar-refractivity contribution >= 4 is 17.4 Å². The second-order valence-corrected chi connectivity index (χ2v) is 9.49. The normalized spacial score (nSPS) is 12.9. The summed E-state index contributed by atoms with van der Waals surface area (Å²) in [4.78, 5) is 33.5. The Bertz CT molecular complexity index is 1420. The van der Waals surface area contributed by atoms with Gasteiger partial charge < -0.3 is 10.1 Å². The molecular weight excluding hydrogens is 442 g/mol. The number of carbonyl (C=O) groups is 2. The Morgan fingerprint density at radius 2 is 1.83 bits per heavy atom. The van der Waals surface area contributed by atoms with E-state index in [2.05, 4.69) is 36.1 Å². The van der Waals surface area contributed by atoms with E-state index in [9.17, 15) is 9.59 Å². The van der Waals surface area contributed by atoms with Crippen LogP contribution in [0.15, 0.2) is 67.1 Å². The monoisotopic (exact) mass is 467 g/mol. The molecule has 3 heterocycles. The van der Waals surface area contributed by atoms with E-state index in [4.69, 9.17) is 9.84 Å². The van der Waals surface area contributed by atoms with Crippen molar-refractivity contribution in [3.05, 3.63) is 89.8 Å². The van der Waals surface area contributed by atoms with Gasteiger partial charge in [0.15, 0.2) is 0 Å². The number of amides is 1. The summed E-state index contributed by atoms with van der Waals surface area (Å²) in [5.41, 5.74) is 3.90. The molecule has 35 heavy (non-hydrogen) atoms. The van der Waals surface area contributed by atoms with Crippen LogP contribution < -0.4 is 10.1 Å². The number of anilines is 1. The predicted octanol–water partition coefficient (Wildman–Crippen LogP) is 4.67. The molecule has 8 nitrogen and oxygen atoms in total. The molecule has 0 radical (unpaired) electrons. The van der Waals surface area contributed by atoms with E-state index in [1.165, 1.54) is 0 Å². The van der Waals surface area contributed by atoms with Crippen LogP contribution in [0.25, 0.3) is 5.69 Å². The third-order valence-electron chi connectivity index (χ3n) is 5.78. The van der Waals surface area contributed by atoms with Crippen molar-refractivity contribution in [3.63, 3.8) is 0 Å². The van der Waals surface area contributed by atoms with Crippen LogP contribution in [0.5, 0.6) is 11.5 Å². The van der Waals surface area contributed by atoms with E-state index in [-0.39, 0.29) is 17.1 Å². The molecule has 0 atom stereocenters. The highest BCUT2D eigenvalue weighted by Gasteiger charge is 2.25. The van der Waals surface area contributed by atoms with Gasteiger partial charge in [-0.3, -0.25) is 19.6 Å². The quantitative estimate of drug-likeness (QED) is 0.458. The van der Waals surface area contributed by atoms with E-state index in [1.54, 1.807) is 53.6 Å². The molecule has 1 aromatic carbocycles. The molecule has 0 fully saturated rings. The fraction of sp³-hybridized carbons (Fsp3) is 0.222. The largest absolute Gasteiger partial charge is 0.457 e. The fourth-order valence-electron chi connectivity index (χ4n) is 3.95. The SMILES string of the molecule is CC(C)(C)c1cc(C(=O)Nc2cccc(Oc3ccnc4c3CC(=O)C4)c2)n(-c2ccncc2)n1. The first-order valence-corrected chi connectivity index (χ1v) is 11.4. The fourth-order valence-corrected chi connectivity index (χ4v) is 3.95. The van der Waals surface area contributed by atoms with Gasteiger partial charge in [-0.25, -0.2) is 4.68 Å². The minimum absolute atomic E-state index is 0.130. The Labute approximate surface area is 203 Å². The molecule has 176 valence electrons. The van der Waals surface area contributed by atoms with Crippen LogP contribution in [0.2, 0.25) is 0 Å². The maximum Gasteiger partial charge on any atom is 0.274 e. The zero-order valence-electron chi connectivity index (χ0n) is 19.8. The smallest absolute Gasteiger partial charge is 0.274 e. The number of nitrogens with zero attached hydrogens (tertiary/aromatic N) is 4. The number of ether oxygens (including phenoxy) is 1. The van der Waals surface area contributed by atoms with Gasteiger partial charge in [0, 0.05) is 54.2 Å². The van der Waals surface area contributed by atoms with Gasteiger partial charge in [0.1, 0.15) is 23.0 Å². The summed E-state index contributed by atoms with van der Waals surface area (Å²) in [6, 6.07) is 14.3. The first-order chi connectivity index (χ1) is 16.8. The van der Waals surface area contributed by atoms with E-state index in [0.717, 1.165) is 22.6 Å². The van der Waals surface area contributed by atoms with Crippen LogP contribution in [0, 0.1) is 0 Å². The lowest BCUT2D eigenvalue weighted by Crippen LogP contribution is -2.17. The standard InChI is InChI=1S/C27H25N5O3/c1-27(2,3)25-16-23(32(31-25)18-7-10-28-11-8-18)26(34)30-17-5-4-6-20(13-17)35-24-9-12-29-22-15-19(33)14-21(22)24/h4-13,16H,14-15H2,1-3H3,(H,30,34). The molecule has 1 aliphatic carbocycles. The van der Waals surface area contributed by atoms with Gasteiger partial charge in [-0.15, -0.1) is 0 Å². The molecule has 5 rings (SSSR count). The molecule has 0 saturated heterocycles. The number of benzene rings is 1. The summed E-state index contributed by atoms with van der Waals surface area (Å²) < 4.78 is 7.71. The van der Waals surface area contributed by atoms with Gasteiger partial charge in [-0.2, -0.15) is 5.10 Å². The lowest BCUT2D eigenvalue weighted by molar-refractivity contribution is -0.117. The van der Waals surface area contributed by atoms with E-state index in [0.29, 0.717) is 35.7 Å². The Morgan fingerprint density at radius 3 is 2.60 bits per heavy atom. The van der Waals surface area contributed by atoms with Gasteiger partial charge in [0.2, 0.25) is 0 Å². The van der Waals surface area contributed by atoms with Crippen LogP contribution in [0.3, 0.4) is 0 Å². The number of hydrogen-bond acceptors (Lipinski definition) is 6. The van der Waals surface area contributed by atoms with E-state index >= 15 is 0 Å². The minimum atomic E-state index is -0.294. The summed E-state index contributed by atoms with van der Waals surface area (Å²) in [5, 5.41) is 7.65. The van der Waals surface area contributed by atoms with Crippen molar-refractivity contribution in [3.8, 4) is 17.2 Å². The maximum atomic E-state index is 13.3. The molecule has 0 spiro atoms. The average Bonchev–Trinajstić information content (AvgIpc) is 3.44. The molecule has 1 amide bonds. The lowest BCUT2D eigenvalue weighted by Gasteiger charge is -2.14. The van der Waals surface area contributed by atoms with Gasteiger partial charge in [-0.05, 0) is 36.4 Å². The summed E-state index contributed by atoms with van der Waals surface area (Å²) in [5.74, 6) is 0.992. The number of aromatic nitrogens is 4. The Kier molecular flexibility index (Phi) is 5.64. The number of carbonyl (C=O) groups excluding carboxylic acids is 2. The molecule has 3 aromatic heterocycles. The third kappa shape index (κ3) is 4.68. The highest BCUT2D eigenvalue weighted by molar-refractivity contribution is 6.03. The molecule has 1 N–H and O–H groups in total. The van der Waals surface area contributed by atoms with Crippen LogP contribution in [0.4, 0.5) is 5.69 Å². The van der Waals surface area contributed by atoms with Crippen molar-refractivity contribution in [2.24, 2.45) is 0 Å². The topological polar surface area (TPSA) is 99.0 Å². The number of pyridine rings is 2. The van der Waals surface area contributed by atoms with E-state index < -0.39 is 0 Å². The van der Waals surface area contributed by atoms with Crippen LogP contribution >= 0.6 is 0 Å². The third-order valence-corrected chi connectivity index (χ3v) is 5.78. The first kappa shape index (κ1) is 22.5. The van der Waals surface area contributed by atoms with Crippen LogP contribution in [-0.2, 0) is 23.1 Å². The van der Waals surface area contributed by atoms with Crippen LogP contribution in [-0.4, -0.2) is 31.4 Å². The zero-order chi connectivity index (χ0) is 24.6. The maximum absolute atomic E-state index is 13.3. The van der Waals surface area contributed by atoms with Crippen molar-refractivity contribution < 1.29 is 14.3 Å². The minimum Gasteiger partial charge on any atom is -0.457 e. The van der Waals surface area contributed by atoms with Crippen molar-refractivity contribution in [2.75, 3.05) is 5.32 Å². The number of fused-ring (bicyclic) bond motifs is 1. The second-order valence-electron chi connectivity index (χ2n) is 9.49. The summed E-state index contributed by atoms with van der Waals surface area (Å²) in [6.45, 7) is 6.16. The summed E-state index contributed by atoms with van der Waals surface area (Å²) >= 11 is 0. The Hall–Kier alpha value is -4.33. The van der Waals surface area contributed by atoms with Gasteiger partial charge in [0.05, 0.1) is 17.1 Å². The number of nitrogens with one attached hydrogen (secondary N) is 1. The molecule has 0 bridgehead atoms. The zero-order valence-corrected chi connectivity index (χ0v) is 19.8. The predicted molar refractivity (Wildman–Crippen MR) is 131 cm³/mol. The average molecular weight is 468 g/mol. The van der Waals surface area contributed by atoms with Gasteiger partial charge in [0.25, 0.3) is 5.91 Å². The Balaban J connectivity index is 1.41. The first-order valence-electron chi connectivity index (χ1n) is 11.4. The second kappa shape index (κ2) is 8.79. The lowest BCUT2D eigenvalue weighted by atomic mass is 9.92. The molecule has 4 aromatic rings. The number of hydrogen-bond donors (Lipinski definition) is 1. The number of rotatable bonds is 5. The van der Waals surface area contributed by atoms with Crippen molar-refractivity contribution in [1.82, 2.24) is 19.7 Å². The molecular formula is C27H25N5O3. The summed E-state index contributed by atoms with van der Waals surface area (Å²) in [7, 11) is 0. The van der Waals surface area contributed by atoms with E-state index in [1.807, 2.05) is 18.2 Å². The Morgan fingerprint density at radius 1 is 1.03 bits per heavy atom. The van der Waals surface area contributed by atoms with Crippen molar-refractivity contribution in [2.45, 2.75) is 39.0 Å². The molecule has 8 heteroatoms.